The molecule has 0 bridgehead atoms. The summed E-state index contributed by atoms with van der Waals surface area (Å²) in [6.07, 6.45) is 0.668. The number of carbonyl (C=O) groups excluding carboxylic acids is 1. The zero-order valence-corrected chi connectivity index (χ0v) is 12.6. The Morgan fingerprint density at radius 3 is 2.67 bits per heavy atom. The van der Waals surface area contributed by atoms with E-state index in [4.69, 9.17) is 16.3 Å². The molecule has 0 fully saturated rings. The van der Waals surface area contributed by atoms with Gasteiger partial charge in [0.2, 0.25) is 0 Å². The number of esters is 1. The van der Waals surface area contributed by atoms with Crippen LogP contribution in [-0.4, -0.2) is 5.97 Å². The van der Waals surface area contributed by atoms with E-state index in [0.29, 0.717) is 6.42 Å². The monoisotopic (exact) mass is 299 g/mol. The lowest BCUT2D eigenvalue weighted by Gasteiger charge is -2.10. The summed E-state index contributed by atoms with van der Waals surface area (Å²) in [6, 6.07) is 13.5. The van der Waals surface area contributed by atoms with Crippen molar-refractivity contribution >= 4 is 17.6 Å². The second-order valence-corrected chi connectivity index (χ2v) is 5.17. The third-order valence-electron chi connectivity index (χ3n) is 3.13. The van der Waals surface area contributed by atoms with Crippen LogP contribution in [0.25, 0.3) is 0 Å². The second kappa shape index (κ2) is 6.43. The van der Waals surface area contributed by atoms with E-state index in [-0.39, 0.29) is 16.3 Å². The lowest BCUT2D eigenvalue weighted by Crippen LogP contribution is -2.04. The molecule has 3 nitrogen and oxygen atoms in total. The van der Waals surface area contributed by atoms with Gasteiger partial charge in [0, 0.05) is 6.92 Å². The molecule has 0 aliphatic heterocycles. The van der Waals surface area contributed by atoms with Gasteiger partial charge in [-0.2, -0.15) is 5.26 Å². The lowest BCUT2D eigenvalue weighted by atomic mass is 9.99. The molecular formula is C17H14ClNO2. The van der Waals surface area contributed by atoms with E-state index in [1.807, 2.05) is 37.3 Å². The van der Waals surface area contributed by atoms with Crippen molar-refractivity contribution in [1.29, 1.82) is 5.26 Å². The zero-order valence-electron chi connectivity index (χ0n) is 11.8. The molecule has 0 aliphatic rings. The van der Waals surface area contributed by atoms with E-state index in [1.54, 1.807) is 12.1 Å². The Kier molecular flexibility index (Phi) is 4.62. The Balaban J connectivity index is 2.39. The summed E-state index contributed by atoms with van der Waals surface area (Å²) in [6.45, 7) is 3.31. The van der Waals surface area contributed by atoms with Crippen molar-refractivity contribution in [2.45, 2.75) is 20.3 Å². The van der Waals surface area contributed by atoms with Crippen molar-refractivity contribution in [3.8, 4) is 11.8 Å². The number of hydrogen-bond donors (Lipinski definition) is 0. The van der Waals surface area contributed by atoms with Crippen LogP contribution in [0.15, 0.2) is 36.4 Å². The summed E-state index contributed by atoms with van der Waals surface area (Å²) < 4.78 is 5.00. The van der Waals surface area contributed by atoms with Crippen LogP contribution in [0.2, 0.25) is 5.02 Å². The van der Waals surface area contributed by atoms with E-state index in [0.717, 1.165) is 11.1 Å². The van der Waals surface area contributed by atoms with Gasteiger partial charge in [0.15, 0.2) is 5.75 Å². The van der Waals surface area contributed by atoms with Gasteiger partial charge in [-0.05, 0) is 42.2 Å². The fourth-order valence-electron chi connectivity index (χ4n) is 2.11. The standard InChI is InChI=1S/C17H14ClNO2/c1-11-5-3-4-6-14(11)7-13-8-15(10-19)17(16(18)9-13)21-12(2)20/h3-6,8-9H,7H2,1-2H3. The van der Waals surface area contributed by atoms with Gasteiger partial charge < -0.3 is 4.74 Å². The fourth-order valence-corrected chi connectivity index (χ4v) is 2.39. The van der Waals surface area contributed by atoms with Crippen LogP contribution < -0.4 is 4.74 Å². The molecule has 2 aromatic carbocycles. The maximum atomic E-state index is 11.1. The van der Waals surface area contributed by atoms with Crippen LogP contribution in [0.3, 0.4) is 0 Å². The van der Waals surface area contributed by atoms with E-state index >= 15 is 0 Å². The maximum Gasteiger partial charge on any atom is 0.308 e. The van der Waals surface area contributed by atoms with Gasteiger partial charge in [-0.25, -0.2) is 0 Å². The molecule has 0 heterocycles. The highest BCUT2D eigenvalue weighted by Gasteiger charge is 2.13. The van der Waals surface area contributed by atoms with Crippen LogP contribution in [0.4, 0.5) is 0 Å². The molecule has 2 rings (SSSR count). The molecule has 0 spiro atoms. The summed E-state index contributed by atoms with van der Waals surface area (Å²) in [5, 5.41) is 9.47. The van der Waals surface area contributed by atoms with Crippen LogP contribution in [0.5, 0.6) is 5.75 Å². The summed E-state index contributed by atoms with van der Waals surface area (Å²) >= 11 is 6.14. The molecule has 0 saturated carbocycles. The molecule has 4 heteroatoms. The van der Waals surface area contributed by atoms with Gasteiger partial charge in [0.25, 0.3) is 0 Å². The number of rotatable bonds is 3. The van der Waals surface area contributed by atoms with Crippen LogP contribution in [-0.2, 0) is 11.2 Å². The SMILES string of the molecule is CC(=O)Oc1c(Cl)cc(Cc2ccccc2C)cc1C#N. The number of benzene rings is 2. The van der Waals surface area contributed by atoms with Crippen molar-refractivity contribution in [3.05, 3.63) is 63.7 Å². The minimum Gasteiger partial charge on any atom is -0.424 e. The van der Waals surface area contributed by atoms with E-state index in [1.165, 1.54) is 12.5 Å². The molecule has 0 atom stereocenters. The summed E-state index contributed by atoms with van der Waals surface area (Å²) in [7, 11) is 0. The largest absolute Gasteiger partial charge is 0.424 e. The lowest BCUT2D eigenvalue weighted by molar-refractivity contribution is -0.131. The summed E-state index contributed by atoms with van der Waals surface area (Å²) in [5.74, 6) is -0.375. The Hall–Kier alpha value is -2.31. The van der Waals surface area contributed by atoms with Crippen LogP contribution in [0, 0.1) is 18.3 Å². The predicted molar refractivity (Wildman–Crippen MR) is 81.5 cm³/mol. The zero-order chi connectivity index (χ0) is 15.4. The van der Waals surface area contributed by atoms with Crippen molar-refractivity contribution in [3.63, 3.8) is 0 Å². The van der Waals surface area contributed by atoms with Crippen molar-refractivity contribution in [2.75, 3.05) is 0 Å². The third kappa shape index (κ3) is 3.62. The van der Waals surface area contributed by atoms with Crippen LogP contribution >= 0.6 is 11.6 Å². The number of nitriles is 1. The van der Waals surface area contributed by atoms with E-state index in [9.17, 15) is 10.1 Å². The molecule has 2 aromatic rings. The molecule has 0 amide bonds. The highest BCUT2D eigenvalue weighted by Crippen LogP contribution is 2.31. The number of hydrogen-bond acceptors (Lipinski definition) is 3. The first-order valence-electron chi connectivity index (χ1n) is 6.46. The van der Waals surface area contributed by atoms with Crippen LogP contribution in [0.1, 0.15) is 29.2 Å². The Labute approximate surface area is 128 Å². The minimum absolute atomic E-state index is 0.125. The topological polar surface area (TPSA) is 50.1 Å². The maximum absolute atomic E-state index is 11.1. The summed E-state index contributed by atoms with van der Waals surface area (Å²) in [5.41, 5.74) is 3.51. The number of nitrogens with zero attached hydrogens (tertiary/aromatic N) is 1. The smallest absolute Gasteiger partial charge is 0.308 e. The third-order valence-corrected chi connectivity index (χ3v) is 3.41. The molecule has 0 radical (unpaired) electrons. The van der Waals surface area contributed by atoms with E-state index in [2.05, 4.69) is 0 Å². The molecule has 0 unspecified atom stereocenters. The minimum atomic E-state index is -0.500. The second-order valence-electron chi connectivity index (χ2n) is 4.76. The van der Waals surface area contributed by atoms with Gasteiger partial charge in [0.05, 0.1) is 10.6 Å². The molecule has 21 heavy (non-hydrogen) atoms. The first kappa shape index (κ1) is 15.1. The summed E-state index contributed by atoms with van der Waals surface area (Å²) in [4.78, 5) is 11.1. The quantitative estimate of drug-likeness (QED) is 0.635. The average Bonchev–Trinajstić information content (AvgIpc) is 2.43. The average molecular weight is 300 g/mol. The van der Waals surface area contributed by atoms with Gasteiger partial charge >= 0.3 is 5.97 Å². The van der Waals surface area contributed by atoms with Gasteiger partial charge in [0.1, 0.15) is 6.07 Å². The number of carbonyl (C=O) groups is 1. The Bertz CT molecular complexity index is 732. The number of aryl methyl sites for hydroxylation is 1. The molecule has 0 aliphatic carbocycles. The van der Waals surface area contributed by atoms with Crippen molar-refractivity contribution in [2.24, 2.45) is 0 Å². The van der Waals surface area contributed by atoms with Gasteiger partial charge in [-0.1, -0.05) is 35.9 Å². The molecular weight excluding hydrogens is 286 g/mol. The number of halogens is 1. The number of ether oxygens (including phenoxy) is 1. The van der Waals surface area contributed by atoms with Gasteiger partial charge in [-0.15, -0.1) is 0 Å². The highest BCUT2D eigenvalue weighted by molar-refractivity contribution is 6.32. The van der Waals surface area contributed by atoms with Crippen molar-refractivity contribution in [1.82, 2.24) is 0 Å². The van der Waals surface area contributed by atoms with Crippen molar-refractivity contribution < 1.29 is 9.53 Å². The fraction of sp³-hybridized carbons (Fsp3) is 0.176. The normalized spacial score (nSPS) is 10.0. The molecule has 0 aromatic heterocycles. The first-order chi connectivity index (χ1) is 10.0. The predicted octanol–water partition coefficient (Wildman–Crippen LogP) is 4.04. The van der Waals surface area contributed by atoms with E-state index < -0.39 is 5.97 Å². The highest BCUT2D eigenvalue weighted by atomic mass is 35.5. The first-order valence-corrected chi connectivity index (χ1v) is 6.84. The molecule has 0 saturated heterocycles. The Morgan fingerprint density at radius 2 is 2.05 bits per heavy atom. The Morgan fingerprint density at radius 1 is 1.33 bits per heavy atom. The van der Waals surface area contributed by atoms with Gasteiger partial charge in [-0.3, -0.25) is 4.79 Å². The molecule has 0 N–H and O–H groups in total. The molecule has 106 valence electrons.